The molecular formula is C13H11ClFNO. The zero-order valence-electron chi connectivity index (χ0n) is 8.99. The maximum absolute atomic E-state index is 13.2. The van der Waals surface area contributed by atoms with Crippen molar-refractivity contribution in [3.05, 3.63) is 58.9 Å². The molecule has 17 heavy (non-hydrogen) atoms. The van der Waals surface area contributed by atoms with Crippen molar-refractivity contribution < 1.29 is 9.13 Å². The standard InChI is InChI=1S/C13H11ClFNO/c14-10-2-4-11(5-3-10)17-8-9-1-6-13(16)12(15)7-9/h1-7H,8,16H2. The maximum atomic E-state index is 13.2. The molecule has 2 N–H and O–H groups in total. The Balaban J connectivity index is 2.02. The minimum Gasteiger partial charge on any atom is -0.489 e. The van der Waals surface area contributed by atoms with E-state index in [-0.39, 0.29) is 5.69 Å². The topological polar surface area (TPSA) is 35.2 Å². The van der Waals surface area contributed by atoms with Crippen LogP contribution in [0, 0.1) is 5.82 Å². The second-order valence-electron chi connectivity index (χ2n) is 3.60. The summed E-state index contributed by atoms with van der Waals surface area (Å²) in [5.41, 5.74) is 6.25. The first kappa shape index (κ1) is 11.7. The summed E-state index contributed by atoms with van der Waals surface area (Å²) in [4.78, 5) is 0. The summed E-state index contributed by atoms with van der Waals surface area (Å²) < 4.78 is 18.6. The van der Waals surface area contributed by atoms with Crippen LogP contribution in [0.4, 0.5) is 10.1 Å². The molecule has 0 amide bonds. The van der Waals surface area contributed by atoms with Gasteiger partial charge in [0.05, 0.1) is 5.69 Å². The van der Waals surface area contributed by atoms with Crippen molar-refractivity contribution in [1.29, 1.82) is 0 Å². The molecule has 0 unspecified atom stereocenters. The summed E-state index contributed by atoms with van der Waals surface area (Å²) in [5, 5.41) is 0.649. The van der Waals surface area contributed by atoms with Crippen LogP contribution in [0.15, 0.2) is 42.5 Å². The van der Waals surface area contributed by atoms with Crippen LogP contribution in [0.3, 0.4) is 0 Å². The number of nitrogens with two attached hydrogens (primary N) is 1. The highest BCUT2D eigenvalue weighted by Crippen LogP contribution is 2.18. The van der Waals surface area contributed by atoms with Crippen LogP contribution in [0.2, 0.25) is 5.02 Å². The summed E-state index contributed by atoms with van der Waals surface area (Å²) in [7, 11) is 0. The lowest BCUT2D eigenvalue weighted by Crippen LogP contribution is -1.98. The van der Waals surface area contributed by atoms with Gasteiger partial charge in [-0.3, -0.25) is 0 Å². The van der Waals surface area contributed by atoms with E-state index in [2.05, 4.69) is 0 Å². The molecule has 2 aromatic rings. The first-order valence-corrected chi connectivity index (χ1v) is 5.45. The molecule has 0 saturated heterocycles. The molecule has 0 aromatic heterocycles. The summed E-state index contributed by atoms with van der Waals surface area (Å²) in [6.45, 7) is 0.291. The number of anilines is 1. The molecule has 4 heteroatoms. The highest BCUT2D eigenvalue weighted by atomic mass is 35.5. The second-order valence-corrected chi connectivity index (χ2v) is 4.03. The number of hydrogen-bond acceptors (Lipinski definition) is 2. The van der Waals surface area contributed by atoms with Crippen LogP contribution >= 0.6 is 11.6 Å². The van der Waals surface area contributed by atoms with Crippen molar-refractivity contribution in [2.24, 2.45) is 0 Å². The fourth-order valence-corrected chi connectivity index (χ4v) is 1.48. The van der Waals surface area contributed by atoms with Gasteiger partial charge in [0.25, 0.3) is 0 Å². The van der Waals surface area contributed by atoms with E-state index in [0.29, 0.717) is 17.4 Å². The Morgan fingerprint density at radius 2 is 1.82 bits per heavy atom. The first-order valence-electron chi connectivity index (χ1n) is 5.07. The summed E-state index contributed by atoms with van der Waals surface area (Å²) in [5.74, 6) is 0.258. The van der Waals surface area contributed by atoms with Gasteiger partial charge in [0.1, 0.15) is 18.2 Å². The number of rotatable bonds is 3. The van der Waals surface area contributed by atoms with Crippen molar-refractivity contribution in [2.45, 2.75) is 6.61 Å². The molecule has 2 rings (SSSR count). The lowest BCUT2D eigenvalue weighted by Gasteiger charge is -2.07. The predicted molar refractivity (Wildman–Crippen MR) is 66.6 cm³/mol. The average Bonchev–Trinajstić information content (AvgIpc) is 2.33. The molecule has 0 spiro atoms. The minimum atomic E-state index is -0.429. The Hall–Kier alpha value is -1.74. The molecule has 2 aromatic carbocycles. The van der Waals surface area contributed by atoms with Crippen molar-refractivity contribution in [2.75, 3.05) is 5.73 Å². The van der Waals surface area contributed by atoms with Crippen LogP contribution in [0.5, 0.6) is 5.75 Å². The van der Waals surface area contributed by atoms with Gasteiger partial charge < -0.3 is 10.5 Å². The molecule has 0 atom stereocenters. The third kappa shape index (κ3) is 3.11. The Labute approximate surface area is 104 Å². The van der Waals surface area contributed by atoms with Crippen molar-refractivity contribution in [3.8, 4) is 5.75 Å². The molecule has 0 saturated carbocycles. The molecular weight excluding hydrogens is 241 g/mol. The van der Waals surface area contributed by atoms with Crippen molar-refractivity contribution in [3.63, 3.8) is 0 Å². The van der Waals surface area contributed by atoms with E-state index < -0.39 is 5.82 Å². The smallest absolute Gasteiger partial charge is 0.146 e. The van der Waals surface area contributed by atoms with Crippen LogP contribution in [0.25, 0.3) is 0 Å². The molecule has 0 aliphatic rings. The normalized spacial score (nSPS) is 10.2. The van der Waals surface area contributed by atoms with Gasteiger partial charge in [-0.25, -0.2) is 4.39 Å². The van der Waals surface area contributed by atoms with Crippen LogP contribution in [0.1, 0.15) is 5.56 Å². The van der Waals surface area contributed by atoms with Crippen molar-refractivity contribution >= 4 is 17.3 Å². The summed E-state index contributed by atoms with van der Waals surface area (Å²) >= 11 is 5.75. The van der Waals surface area contributed by atoms with E-state index in [1.54, 1.807) is 30.3 Å². The van der Waals surface area contributed by atoms with Gasteiger partial charge in [-0.05, 0) is 42.0 Å². The van der Waals surface area contributed by atoms with Gasteiger partial charge >= 0.3 is 0 Å². The quantitative estimate of drug-likeness (QED) is 0.846. The van der Waals surface area contributed by atoms with Crippen LogP contribution < -0.4 is 10.5 Å². The highest BCUT2D eigenvalue weighted by molar-refractivity contribution is 6.30. The molecule has 0 radical (unpaired) electrons. The predicted octanol–water partition coefficient (Wildman–Crippen LogP) is 3.64. The molecule has 2 nitrogen and oxygen atoms in total. The van der Waals surface area contributed by atoms with Crippen LogP contribution in [-0.2, 0) is 6.61 Å². The third-order valence-electron chi connectivity index (χ3n) is 2.28. The van der Waals surface area contributed by atoms with Crippen molar-refractivity contribution in [1.82, 2.24) is 0 Å². The van der Waals surface area contributed by atoms with Gasteiger partial charge in [0.2, 0.25) is 0 Å². The van der Waals surface area contributed by atoms with E-state index in [0.717, 1.165) is 5.56 Å². The minimum absolute atomic E-state index is 0.139. The van der Waals surface area contributed by atoms with Crippen LogP contribution in [-0.4, -0.2) is 0 Å². The van der Waals surface area contributed by atoms with E-state index in [1.807, 2.05) is 0 Å². The summed E-state index contributed by atoms with van der Waals surface area (Å²) in [6, 6.07) is 11.6. The Kier molecular flexibility index (Phi) is 3.49. The van der Waals surface area contributed by atoms with Gasteiger partial charge in [0.15, 0.2) is 0 Å². The average molecular weight is 252 g/mol. The Morgan fingerprint density at radius 1 is 1.12 bits per heavy atom. The molecule has 0 aliphatic heterocycles. The molecule has 0 fully saturated rings. The SMILES string of the molecule is Nc1ccc(COc2ccc(Cl)cc2)cc1F. The van der Waals surface area contributed by atoms with E-state index in [9.17, 15) is 4.39 Å². The lowest BCUT2D eigenvalue weighted by molar-refractivity contribution is 0.305. The first-order chi connectivity index (χ1) is 8.15. The largest absolute Gasteiger partial charge is 0.489 e. The lowest BCUT2D eigenvalue weighted by atomic mass is 10.2. The molecule has 0 bridgehead atoms. The fraction of sp³-hybridized carbons (Fsp3) is 0.0769. The molecule has 0 heterocycles. The number of hydrogen-bond donors (Lipinski definition) is 1. The van der Waals surface area contributed by atoms with Gasteiger partial charge in [-0.2, -0.15) is 0 Å². The maximum Gasteiger partial charge on any atom is 0.146 e. The summed E-state index contributed by atoms with van der Waals surface area (Å²) in [6.07, 6.45) is 0. The third-order valence-corrected chi connectivity index (χ3v) is 2.54. The highest BCUT2D eigenvalue weighted by Gasteiger charge is 2.01. The second kappa shape index (κ2) is 5.06. The van der Waals surface area contributed by atoms with E-state index >= 15 is 0 Å². The molecule has 88 valence electrons. The number of halogens is 2. The Bertz CT molecular complexity index is 513. The Morgan fingerprint density at radius 3 is 2.47 bits per heavy atom. The number of benzene rings is 2. The zero-order chi connectivity index (χ0) is 12.3. The fourth-order valence-electron chi connectivity index (χ4n) is 1.36. The van der Waals surface area contributed by atoms with Gasteiger partial charge in [-0.1, -0.05) is 17.7 Å². The zero-order valence-corrected chi connectivity index (χ0v) is 9.75. The van der Waals surface area contributed by atoms with Gasteiger partial charge in [-0.15, -0.1) is 0 Å². The number of nitrogen functional groups attached to an aromatic ring is 1. The number of ether oxygens (including phenoxy) is 1. The van der Waals surface area contributed by atoms with Gasteiger partial charge in [0, 0.05) is 5.02 Å². The van der Waals surface area contributed by atoms with E-state index in [4.69, 9.17) is 22.1 Å². The van der Waals surface area contributed by atoms with E-state index in [1.165, 1.54) is 12.1 Å². The molecule has 0 aliphatic carbocycles. The monoisotopic (exact) mass is 251 g/mol.